The summed E-state index contributed by atoms with van der Waals surface area (Å²) < 4.78 is 0. The fraction of sp³-hybridized carbons (Fsp3) is 1.00. The molecule has 1 heteroatoms. The molecule has 0 atom stereocenters. The molecule has 1 N–H and O–H groups in total. The summed E-state index contributed by atoms with van der Waals surface area (Å²) in [5.41, 5.74) is 0. The van der Waals surface area contributed by atoms with E-state index in [9.17, 15) is 0 Å². The van der Waals surface area contributed by atoms with E-state index in [-0.39, 0.29) is 0 Å². The van der Waals surface area contributed by atoms with E-state index in [0.29, 0.717) is 0 Å². The van der Waals surface area contributed by atoms with E-state index >= 15 is 0 Å². The molecule has 0 aromatic carbocycles. The van der Waals surface area contributed by atoms with Crippen molar-refractivity contribution in [1.82, 2.24) is 5.32 Å². The van der Waals surface area contributed by atoms with Gasteiger partial charge in [-0.15, -0.1) is 0 Å². The Morgan fingerprint density at radius 2 is 1.29 bits per heavy atom. The van der Waals surface area contributed by atoms with Crippen LogP contribution in [-0.4, -0.2) is 13.1 Å². The van der Waals surface area contributed by atoms with E-state index in [1.165, 1.54) is 90.1 Å². The second-order valence-electron chi connectivity index (χ2n) is 5.81. The molecule has 1 nitrogen and oxygen atoms in total. The van der Waals surface area contributed by atoms with Crippen LogP contribution in [0, 0.1) is 5.92 Å². The summed E-state index contributed by atoms with van der Waals surface area (Å²) in [4.78, 5) is 0. The second-order valence-corrected chi connectivity index (χ2v) is 5.81. The van der Waals surface area contributed by atoms with Gasteiger partial charge in [0.05, 0.1) is 0 Å². The predicted octanol–water partition coefficient (Wildman–Crippen LogP) is 4.91. The third kappa shape index (κ3) is 8.65. The van der Waals surface area contributed by atoms with Crippen LogP contribution in [-0.2, 0) is 0 Å². The Balaban J connectivity index is 1.75. The molecule has 0 spiro atoms. The largest absolute Gasteiger partial charge is 0.317 e. The van der Waals surface area contributed by atoms with Crippen LogP contribution < -0.4 is 5.32 Å². The first-order chi connectivity index (χ1) is 8.43. The van der Waals surface area contributed by atoms with Crippen molar-refractivity contribution in [3.8, 4) is 0 Å². The molecule has 0 amide bonds. The molecule has 0 aromatic heterocycles. The predicted molar refractivity (Wildman–Crippen MR) is 77.4 cm³/mol. The standard InChI is InChI=1S/C16H33N/c1-2-3-4-5-6-7-8-9-10-11-16-12-14-17-15-13-16/h16-17H,2-15H2,1H3. The van der Waals surface area contributed by atoms with Crippen LogP contribution in [0.15, 0.2) is 0 Å². The molecule has 102 valence electrons. The van der Waals surface area contributed by atoms with Gasteiger partial charge in [0.1, 0.15) is 0 Å². The fourth-order valence-corrected chi connectivity index (χ4v) is 2.91. The molecule has 0 unspecified atom stereocenters. The number of rotatable bonds is 10. The minimum absolute atomic E-state index is 1.04. The van der Waals surface area contributed by atoms with Gasteiger partial charge >= 0.3 is 0 Å². The SMILES string of the molecule is CCCCCCCCCCCC1CCNCC1. The first-order valence-corrected chi connectivity index (χ1v) is 8.14. The summed E-state index contributed by atoms with van der Waals surface area (Å²) in [6.45, 7) is 4.82. The second kappa shape index (κ2) is 11.1. The molecule has 1 fully saturated rings. The maximum atomic E-state index is 3.45. The zero-order valence-corrected chi connectivity index (χ0v) is 12.0. The van der Waals surface area contributed by atoms with Crippen LogP contribution in [0.3, 0.4) is 0 Å². The molecule has 1 heterocycles. The average molecular weight is 239 g/mol. The van der Waals surface area contributed by atoms with E-state index in [0.717, 1.165) is 5.92 Å². The lowest BCUT2D eigenvalue weighted by atomic mass is 9.92. The van der Waals surface area contributed by atoms with Crippen molar-refractivity contribution in [2.24, 2.45) is 5.92 Å². The summed E-state index contributed by atoms with van der Waals surface area (Å²) in [7, 11) is 0. The minimum Gasteiger partial charge on any atom is -0.317 e. The third-order valence-electron chi connectivity index (χ3n) is 4.17. The number of unbranched alkanes of at least 4 members (excludes halogenated alkanes) is 8. The lowest BCUT2D eigenvalue weighted by Crippen LogP contribution is -2.27. The quantitative estimate of drug-likeness (QED) is 0.534. The summed E-state index contributed by atoms with van der Waals surface area (Å²) in [5.74, 6) is 1.04. The molecular weight excluding hydrogens is 206 g/mol. The van der Waals surface area contributed by atoms with E-state index in [2.05, 4.69) is 12.2 Å². The number of hydrogen-bond acceptors (Lipinski definition) is 1. The molecule has 1 rings (SSSR count). The molecular formula is C16H33N. The molecule has 0 saturated carbocycles. The van der Waals surface area contributed by atoms with Gasteiger partial charge in [-0.25, -0.2) is 0 Å². The van der Waals surface area contributed by atoms with Gasteiger partial charge in [0.25, 0.3) is 0 Å². The Hall–Kier alpha value is -0.0400. The molecule has 0 aromatic rings. The highest BCUT2D eigenvalue weighted by atomic mass is 14.9. The lowest BCUT2D eigenvalue weighted by Gasteiger charge is -2.22. The summed E-state index contributed by atoms with van der Waals surface area (Å²) >= 11 is 0. The molecule has 1 aliphatic rings. The molecule has 0 radical (unpaired) electrons. The summed E-state index contributed by atoms with van der Waals surface area (Å²) in [5, 5.41) is 3.45. The first kappa shape index (κ1) is 15.0. The number of nitrogens with one attached hydrogen (secondary N) is 1. The van der Waals surface area contributed by atoms with Gasteiger partial charge in [0.2, 0.25) is 0 Å². The van der Waals surface area contributed by atoms with Gasteiger partial charge < -0.3 is 5.32 Å². The normalized spacial score (nSPS) is 17.5. The fourth-order valence-electron chi connectivity index (χ4n) is 2.91. The van der Waals surface area contributed by atoms with Gasteiger partial charge in [-0.05, 0) is 31.8 Å². The van der Waals surface area contributed by atoms with E-state index in [1.807, 2.05) is 0 Å². The zero-order chi connectivity index (χ0) is 12.2. The van der Waals surface area contributed by atoms with E-state index in [4.69, 9.17) is 0 Å². The van der Waals surface area contributed by atoms with Crippen molar-refractivity contribution >= 4 is 0 Å². The first-order valence-electron chi connectivity index (χ1n) is 8.14. The van der Waals surface area contributed by atoms with Crippen molar-refractivity contribution in [2.75, 3.05) is 13.1 Å². The van der Waals surface area contributed by atoms with Crippen LogP contribution >= 0.6 is 0 Å². The van der Waals surface area contributed by atoms with Gasteiger partial charge in [-0.3, -0.25) is 0 Å². The highest BCUT2D eigenvalue weighted by molar-refractivity contribution is 4.68. The average Bonchev–Trinajstić information content (AvgIpc) is 2.38. The Labute approximate surface area is 109 Å². The van der Waals surface area contributed by atoms with Gasteiger partial charge in [0.15, 0.2) is 0 Å². The Morgan fingerprint density at radius 1 is 0.765 bits per heavy atom. The smallest absolute Gasteiger partial charge is 0.00463 e. The Bertz CT molecular complexity index is 150. The summed E-state index contributed by atoms with van der Waals surface area (Å²) in [6, 6.07) is 0. The summed E-state index contributed by atoms with van der Waals surface area (Å²) in [6.07, 6.45) is 17.5. The van der Waals surface area contributed by atoms with E-state index in [1.54, 1.807) is 0 Å². The highest BCUT2D eigenvalue weighted by Gasteiger charge is 2.11. The monoisotopic (exact) mass is 239 g/mol. The van der Waals surface area contributed by atoms with E-state index < -0.39 is 0 Å². The van der Waals surface area contributed by atoms with Gasteiger partial charge in [0, 0.05) is 0 Å². The Kier molecular flexibility index (Phi) is 9.78. The lowest BCUT2D eigenvalue weighted by molar-refractivity contribution is 0.342. The van der Waals surface area contributed by atoms with Crippen molar-refractivity contribution < 1.29 is 0 Å². The molecule has 0 bridgehead atoms. The minimum atomic E-state index is 1.04. The maximum Gasteiger partial charge on any atom is -0.00463 e. The highest BCUT2D eigenvalue weighted by Crippen LogP contribution is 2.20. The number of hydrogen-bond donors (Lipinski definition) is 1. The van der Waals surface area contributed by atoms with Crippen LogP contribution in [0.1, 0.15) is 84.0 Å². The van der Waals surface area contributed by atoms with Crippen LogP contribution in [0.25, 0.3) is 0 Å². The van der Waals surface area contributed by atoms with Gasteiger partial charge in [-0.1, -0.05) is 71.1 Å². The topological polar surface area (TPSA) is 12.0 Å². The van der Waals surface area contributed by atoms with Crippen molar-refractivity contribution in [2.45, 2.75) is 84.0 Å². The number of piperidine rings is 1. The van der Waals surface area contributed by atoms with Crippen LogP contribution in [0.2, 0.25) is 0 Å². The van der Waals surface area contributed by atoms with Crippen molar-refractivity contribution in [3.05, 3.63) is 0 Å². The van der Waals surface area contributed by atoms with Crippen molar-refractivity contribution in [3.63, 3.8) is 0 Å². The molecule has 1 aliphatic heterocycles. The van der Waals surface area contributed by atoms with Gasteiger partial charge in [-0.2, -0.15) is 0 Å². The third-order valence-corrected chi connectivity index (χ3v) is 4.17. The van der Waals surface area contributed by atoms with Crippen LogP contribution in [0.5, 0.6) is 0 Å². The molecule has 0 aliphatic carbocycles. The van der Waals surface area contributed by atoms with Crippen molar-refractivity contribution in [1.29, 1.82) is 0 Å². The van der Waals surface area contributed by atoms with Crippen LogP contribution in [0.4, 0.5) is 0 Å². The molecule has 1 saturated heterocycles. The zero-order valence-electron chi connectivity index (χ0n) is 12.0. The molecule has 17 heavy (non-hydrogen) atoms. The Morgan fingerprint density at radius 3 is 1.88 bits per heavy atom. The maximum absolute atomic E-state index is 3.45.